The number of anilines is 1. The van der Waals surface area contributed by atoms with Crippen LogP contribution < -0.4 is 10.9 Å². The van der Waals surface area contributed by atoms with Crippen LogP contribution in [0.1, 0.15) is 60.4 Å². The average Bonchev–Trinajstić information content (AvgIpc) is 2.76. The highest BCUT2D eigenvalue weighted by atomic mass is 35.5. The molecule has 0 fully saturated rings. The van der Waals surface area contributed by atoms with Gasteiger partial charge < -0.3 is 10.3 Å². The van der Waals surface area contributed by atoms with Gasteiger partial charge >= 0.3 is 0 Å². The summed E-state index contributed by atoms with van der Waals surface area (Å²) in [6.45, 7) is 8.31. The van der Waals surface area contributed by atoms with Crippen LogP contribution >= 0.6 is 35.0 Å². The largest absolute Gasteiger partial charge is 0.343 e. The number of fused-ring (bicyclic) bond motifs is 1. The van der Waals surface area contributed by atoms with Crippen molar-refractivity contribution in [2.24, 2.45) is 5.41 Å². The van der Waals surface area contributed by atoms with Crippen molar-refractivity contribution in [2.75, 3.05) is 5.32 Å². The number of Topliss-reactive ketones (excluding diaryl/α,β-unsaturated/α-hetero) is 1. The second kappa shape index (κ2) is 9.40. The molecule has 5 nitrogen and oxygen atoms in total. The van der Waals surface area contributed by atoms with Gasteiger partial charge in [0.1, 0.15) is 5.82 Å². The minimum Gasteiger partial charge on any atom is -0.343 e. The Morgan fingerprint density at radius 1 is 1.08 bits per heavy atom. The molecule has 1 aliphatic carbocycles. The van der Waals surface area contributed by atoms with Gasteiger partial charge in [-0.15, -0.1) is 0 Å². The van der Waals surface area contributed by atoms with Crippen molar-refractivity contribution in [1.29, 1.82) is 0 Å². The highest BCUT2D eigenvalue weighted by Gasteiger charge is 2.43. The average molecular weight is 541 g/mol. The van der Waals surface area contributed by atoms with Gasteiger partial charge in [-0.2, -0.15) is 0 Å². The van der Waals surface area contributed by atoms with Crippen LogP contribution in [0.3, 0.4) is 0 Å². The molecule has 0 unspecified atom stereocenters. The van der Waals surface area contributed by atoms with E-state index in [1.807, 2.05) is 0 Å². The molecule has 5 rings (SSSR count). The molecule has 2 aliphatic rings. The third kappa shape index (κ3) is 4.74. The number of aromatic amines is 1. The fourth-order valence-corrected chi connectivity index (χ4v) is 6.62. The highest BCUT2D eigenvalue weighted by molar-refractivity contribution is 7.98. The van der Waals surface area contributed by atoms with E-state index in [-0.39, 0.29) is 16.8 Å². The normalized spacial score (nSPS) is 18.5. The van der Waals surface area contributed by atoms with E-state index in [1.165, 1.54) is 28.5 Å². The zero-order valence-corrected chi connectivity index (χ0v) is 22.9. The molecule has 0 spiro atoms. The van der Waals surface area contributed by atoms with Gasteiger partial charge in [0.15, 0.2) is 10.9 Å². The van der Waals surface area contributed by atoms with Crippen molar-refractivity contribution in [3.05, 3.63) is 95.9 Å². The number of hydrogen-bond donors (Lipinski definition) is 2. The first-order valence-corrected chi connectivity index (χ1v) is 13.6. The number of H-pyrrole nitrogens is 1. The molecule has 2 heterocycles. The molecule has 0 amide bonds. The van der Waals surface area contributed by atoms with E-state index in [4.69, 9.17) is 28.2 Å². The number of aryl methyl sites for hydroxylation is 2. The standard InChI is InChI=1S/C28H27Cl2N3O2S/c1-14-5-6-16(15(2)9-14)13-36-27-32-25-24(26(35)33-27)22(18-8-7-17(29)10-19(18)30)23-20(31-25)11-28(3,4)12-21(23)34/h5-10,22H,11-13H2,1-4H3,(H2,31,32,33,35)/t22-/m1/s1. The van der Waals surface area contributed by atoms with Gasteiger partial charge in [0.05, 0.1) is 5.56 Å². The predicted molar refractivity (Wildman–Crippen MR) is 147 cm³/mol. The van der Waals surface area contributed by atoms with Crippen molar-refractivity contribution in [2.45, 2.75) is 57.4 Å². The number of carbonyl (C=O) groups excluding carboxylic acids is 1. The van der Waals surface area contributed by atoms with Crippen molar-refractivity contribution in [3.8, 4) is 0 Å². The van der Waals surface area contributed by atoms with Gasteiger partial charge in [0.25, 0.3) is 5.56 Å². The van der Waals surface area contributed by atoms with Crippen LogP contribution in [0.5, 0.6) is 0 Å². The Bertz CT molecular complexity index is 1490. The van der Waals surface area contributed by atoms with Crippen LogP contribution in [0.15, 0.2) is 57.6 Å². The Morgan fingerprint density at radius 3 is 2.58 bits per heavy atom. The molecule has 1 aromatic heterocycles. The summed E-state index contributed by atoms with van der Waals surface area (Å²) < 4.78 is 0. The molecular formula is C28H27Cl2N3O2S. The lowest BCUT2D eigenvalue weighted by atomic mass is 9.69. The first-order chi connectivity index (χ1) is 17.0. The van der Waals surface area contributed by atoms with Crippen LogP contribution in [-0.2, 0) is 10.5 Å². The number of aromatic nitrogens is 2. The zero-order valence-electron chi connectivity index (χ0n) is 20.6. The van der Waals surface area contributed by atoms with Gasteiger partial charge in [-0.1, -0.05) is 78.6 Å². The molecule has 2 N–H and O–H groups in total. The topological polar surface area (TPSA) is 74.8 Å². The van der Waals surface area contributed by atoms with Crippen LogP contribution in [0.4, 0.5) is 5.82 Å². The Morgan fingerprint density at radius 2 is 1.86 bits per heavy atom. The number of hydrogen-bond acceptors (Lipinski definition) is 5. The molecule has 0 saturated heterocycles. The predicted octanol–water partition coefficient (Wildman–Crippen LogP) is 7.19. The quantitative estimate of drug-likeness (QED) is 0.271. The lowest BCUT2D eigenvalue weighted by Gasteiger charge is -2.38. The monoisotopic (exact) mass is 539 g/mol. The van der Waals surface area contributed by atoms with E-state index >= 15 is 0 Å². The number of carbonyl (C=O) groups is 1. The number of allylic oxidation sites excluding steroid dienone is 2. The number of halogens is 2. The van der Waals surface area contributed by atoms with Crippen LogP contribution in [-0.4, -0.2) is 15.8 Å². The molecule has 1 aliphatic heterocycles. The fourth-order valence-electron chi connectivity index (χ4n) is 5.16. The lowest BCUT2D eigenvalue weighted by Crippen LogP contribution is -2.37. The van der Waals surface area contributed by atoms with E-state index in [1.54, 1.807) is 18.2 Å². The van der Waals surface area contributed by atoms with Gasteiger partial charge in [-0.05, 0) is 54.5 Å². The molecule has 0 radical (unpaired) electrons. The third-order valence-corrected chi connectivity index (χ3v) is 8.32. The summed E-state index contributed by atoms with van der Waals surface area (Å²) in [5.41, 5.74) is 5.61. The molecule has 1 atom stereocenters. The highest BCUT2D eigenvalue weighted by Crippen LogP contribution is 2.49. The summed E-state index contributed by atoms with van der Waals surface area (Å²) in [5, 5.41) is 4.79. The molecular weight excluding hydrogens is 513 g/mol. The summed E-state index contributed by atoms with van der Waals surface area (Å²) in [5.74, 6) is 0.559. The molecule has 36 heavy (non-hydrogen) atoms. The Kier molecular flexibility index (Phi) is 6.56. The maximum Gasteiger partial charge on any atom is 0.257 e. The molecule has 0 bridgehead atoms. The van der Waals surface area contributed by atoms with Crippen LogP contribution in [0.2, 0.25) is 10.0 Å². The molecule has 2 aromatic carbocycles. The van der Waals surface area contributed by atoms with Crippen LogP contribution in [0, 0.1) is 19.3 Å². The third-order valence-electron chi connectivity index (χ3n) is 6.84. The van der Waals surface area contributed by atoms with Gasteiger partial charge in [0, 0.05) is 39.4 Å². The first-order valence-electron chi connectivity index (χ1n) is 11.8. The van der Waals surface area contributed by atoms with Crippen molar-refractivity contribution in [3.63, 3.8) is 0 Å². The number of nitrogens with zero attached hydrogens (tertiary/aromatic N) is 1. The first kappa shape index (κ1) is 25.1. The number of thioether (sulfide) groups is 1. The summed E-state index contributed by atoms with van der Waals surface area (Å²) in [6.07, 6.45) is 1.08. The number of rotatable bonds is 4. The van der Waals surface area contributed by atoms with E-state index in [0.717, 1.165) is 5.70 Å². The van der Waals surface area contributed by atoms with E-state index in [0.29, 0.717) is 56.3 Å². The smallest absolute Gasteiger partial charge is 0.257 e. The lowest BCUT2D eigenvalue weighted by molar-refractivity contribution is -0.118. The minimum atomic E-state index is -0.612. The molecule has 8 heteroatoms. The number of nitrogens with one attached hydrogen (secondary N) is 2. The van der Waals surface area contributed by atoms with Gasteiger partial charge in [-0.25, -0.2) is 4.98 Å². The van der Waals surface area contributed by atoms with Crippen molar-refractivity contribution < 1.29 is 4.79 Å². The number of ketones is 1. The van der Waals surface area contributed by atoms with E-state index in [9.17, 15) is 9.59 Å². The fraction of sp³-hybridized carbons (Fsp3) is 0.321. The molecule has 186 valence electrons. The summed E-state index contributed by atoms with van der Waals surface area (Å²) >= 11 is 14.3. The second-order valence-electron chi connectivity index (χ2n) is 10.4. The Labute approximate surface area is 224 Å². The summed E-state index contributed by atoms with van der Waals surface area (Å²) in [6, 6.07) is 11.5. The maximum absolute atomic E-state index is 13.5. The van der Waals surface area contributed by atoms with Crippen LogP contribution in [0.25, 0.3) is 0 Å². The summed E-state index contributed by atoms with van der Waals surface area (Å²) in [7, 11) is 0. The maximum atomic E-state index is 13.5. The molecule has 3 aromatic rings. The number of benzene rings is 2. The van der Waals surface area contributed by atoms with E-state index in [2.05, 4.69) is 56.2 Å². The summed E-state index contributed by atoms with van der Waals surface area (Å²) in [4.78, 5) is 34.7. The minimum absolute atomic E-state index is 0.0168. The van der Waals surface area contributed by atoms with Gasteiger partial charge in [-0.3, -0.25) is 9.59 Å². The molecule has 0 saturated carbocycles. The van der Waals surface area contributed by atoms with E-state index < -0.39 is 5.92 Å². The van der Waals surface area contributed by atoms with Crippen molar-refractivity contribution >= 4 is 46.6 Å². The SMILES string of the molecule is Cc1ccc(CSc2nc3c(c(=O)[nH]2)[C@H](c2ccc(Cl)cc2Cl)C2=C(CC(C)(C)CC2=O)N3)c(C)c1. The Balaban J connectivity index is 1.60. The Hall–Kier alpha value is -2.54. The van der Waals surface area contributed by atoms with Gasteiger partial charge in [0.2, 0.25) is 0 Å². The van der Waals surface area contributed by atoms with Crippen molar-refractivity contribution in [1.82, 2.24) is 9.97 Å². The second-order valence-corrected chi connectivity index (χ2v) is 12.2. The zero-order chi connectivity index (χ0) is 25.8.